The molecule has 2 aromatic carbocycles. The standard InChI is InChI=1S/C24H31NO2S/c1-3-23(27-22-12-11-20-9-4-5-10-21(20)16-22)24(26)25-13-14-28-17-19-8-6-7-18(2)15-19/h6-8,11-12,15-16,23H,3-5,9-10,13-14,17H2,1-2H3,(H,25,26)/t23-/m0/s1. The molecular formula is C24H31NO2S. The number of carbonyl (C=O) groups excluding carboxylic acids is 1. The van der Waals surface area contributed by atoms with Gasteiger partial charge in [0.05, 0.1) is 0 Å². The molecule has 0 saturated carbocycles. The Labute approximate surface area is 173 Å². The fraction of sp³-hybridized carbons (Fsp3) is 0.458. The molecule has 0 radical (unpaired) electrons. The highest BCUT2D eigenvalue weighted by atomic mass is 32.2. The third-order valence-electron chi connectivity index (χ3n) is 5.16. The Kier molecular flexibility index (Phi) is 7.84. The zero-order valence-electron chi connectivity index (χ0n) is 17.0. The van der Waals surface area contributed by atoms with Gasteiger partial charge in [-0.15, -0.1) is 0 Å². The molecule has 0 aliphatic heterocycles. The van der Waals surface area contributed by atoms with E-state index in [1.807, 2.05) is 24.8 Å². The van der Waals surface area contributed by atoms with Gasteiger partial charge in [0.1, 0.15) is 5.75 Å². The quantitative estimate of drug-likeness (QED) is 0.600. The van der Waals surface area contributed by atoms with Gasteiger partial charge in [-0.3, -0.25) is 4.79 Å². The second-order valence-electron chi connectivity index (χ2n) is 7.49. The van der Waals surface area contributed by atoms with Crippen molar-refractivity contribution in [1.29, 1.82) is 0 Å². The molecule has 1 aliphatic carbocycles. The maximum Gasteiger partial charge on any atom is 0.261 e. The molecule has 4 heteroatoms. The maximum atomic E-state index is 12.5. The van der Waals surface area contributed by atoms with Gasteiger partial charge in [-0.2, -0.15) is 11.8 Å². The van der Waals surface area contributed by atoms with Crippen molar-refractivity contribution in [3.05, 3.63) is 64.7 Å². The molecule has 2 aromatic rings. The van der Waals surface area contributed by atoms with Gasteiger partial charge in [0.15, 0.2) is 6.10 Å². The van der Waals surface area contributed by atoms with Crippen LogP contribution >= 0.6 is 11.8 Å². The zero-order chi connectivity index (χ0) is 19.8. The van der Waals surface area contributed by atoms with Gasteiger partial charge in [0, 0.05) is 18.1 Å². The van der Waals surface area contributed by atoms with E-state index in [-0.39, 0.29) is 5.91 Å². The topological polar surface area (TPSA) is 38.3 Å². The number of nitrogens with one attached hydrogen (secondary N) is 1. The van der Waals surface area contributed by atoms with Crippen LogP contribution in [-0.2, 0) is 23.4 Å². The average molecular weight is 398 g/mol. The first-order chi connectivity index (χ1) is 13.7. The second kappa shape index (κ2) is 10.6. The summed E-state index contributed by atoms with van der Waals surface area (Å²) in [6.07, 6.45) is 5.03. The summed E-state index contributed by atoms with van der Waals surface area (Å²) in [7, 11) is 0. The van der Waals surface area contributed by atoms with Crippen LogP contribution in [0.15, 0.2) is 42.5 Å². The predicted octanol–water partition coefficient (Wildman–Crippen LogP) is 5.08. The van der Waals surface area contributed by atoms with Crippen molar-refractivity contribution < 1.29 is 9.53 Å². The molecule has 0 unspecified atom stereocenters. The first kappa shape index (κ1) is 20.8. The van der Waals surface area contributed by atoms with Crippen LogP contribution in [0.5, 0.6) is 5.75 Å². The van der Waals surface area contributed by atoms with Crippen LogP contribution in [0.1, 0.15) is 48.4 Å². The molecule has 0 saturated heterocycles. The van der Waals surface area contributed by atoms with Crippen molar-refractivity contribution >= 4 is 17.7 Å². The molecule has 0 heterocycles. The molecule has 28 heavy (non-hydrogen) atoms. The van der Waals surface area contributed by atoms with E-state index in [9.17, 15) is 4.79 Å². The molecule has 1 N–H and O–H groups in total. The van der Waals surface area contributed by atoms with Crippen molar-refractivity contribution in [1.82, 2.24) is 5.32 Å². The Morgan fingerprint density at radius 3 is 2.75 bits per heavy atom. The van der Waals surface area contributed by atoms with Gasteiger partial charge in [0.2, 0.25) is 0 Å². The first-order valence-electron chi connectivity index (χ1n) is 10.3. The molecule has 1 atom stereocenters. The summed E-state index contributed by atoms with van der Waals surface area (Å²) in [5.74, 6) is 2.67. The van der Waals surface area contributed by atoms with Gasteiger partial charge in [0.25, 0.3) is 5.91 Å². The number of rotatable bonds is 9. The fourth-order valence-electron chi connectivity index (χ4n) is 3.62. The number of aryl methyl sites for hydroxylation is 3. The number of fused-ring (bicyclic) bond motifs is 1. The first-order valence-corrected chi connectivity index (χ1v) is 11.5. The Morgan fingerprint density at radius 2 is 1.96 bits per heavy atom. The lowest BCUT2D eigenvalue weighted by Gasteiger charge is -2.20. The fourth-order valence-corrected chi connectivity index (χ4v) is 4.43. The number of hydrogen-bond acceptors (Lipinski definition) is 3. The van der Waals surface area contributed by atoms with Gasteiger partial charge in [-0.25, -0.2) is 0 Å². The van der Waals surface area contributed by atoms with E-state index in [4.69, 9.17) is 4.74 Å². The number of benzene rings is 2. The van der Waals surface area contributed by atoms with E-state index in [1.54, 1.807) is 0 Å². The highest BCUT2D eigenvalue weighted by Gasteiger charge is 2.19. The van der Waals surface area contributed by atoms with Gasteiger partial charge in [-0.1, -0.05) is 42.8 Å². The maximum absolute atomic E-state index is 12.5. The van der Waals surface area contributed by atoms with Crippen molar-refractivity contribution in [2.75, 3.05) is 12.3 Å². The molecule has 150 valence electrons. The van der Waals surface area contributed by atoms with Crippen LogP contribution in [0.3, 0.4) is 0 Å². The van der Waals surface area contributed by atoms with Crippen molar-refractivity contribution in [2.24, 2.45) is 0 Å². The Balaban J connectivity index is 1.42. The third kappa shape index (κ3) is 6.03. The van der Waals surface area contributed by atoms with E-state index in [1.165, 1.54) is 35.1 Å². The number of carbonyl (C=O) groups is 1. The molecule has 1 amide bonds. The van der Waals surface area contributed by atoms with E-state index in [0.717, 1.165) is 30.1 Å². The summed E-state index contributed by atoms with van der Waals surface area (Å²) in [6.45, 7) is 4.77. The van der Waals surface area contributed by atoms with E-state index < -0.39 is 6.10 Å². The summed E-state index contributed by atoms with van der Waals surface area (Å²) < 4.78 is 6.01. The number of hydrogen-bond donors (Lipinski definition) is 1. The average Bonchev–Trinajstić information content (AvgIpc) is 2.71. The molecule has 0 fully saturated rings. The summed E-state index contributed by atoms with van der Waals surface area (Å²) >= 11 is 1.84. The largest absolute Gasteiger partial charge is 0.481 e. The summed E-state index contributed by atoms with van der Waals surface area (Å²) in [4.78, 5) is 12.5. The highest BCUT2D eigenvalue weighted by Crippen LogP contribution is 2.26. The van der Waals surface area contributed by atoms with Crippen LogP contribution in [0.4, 0.5) is 0 Å². The Bertz CT molecular complexity index is 790. The van der Waals surface area contributed by atoms with Crippen LogP contribution in [0.2, 0.25) is 0 Å². The number of amides is 1. The van der Waals surface area contributed by atoms with Crippen LogP contribution in [0, 0.1) is 6.92 Å². The van der Waals surface area contributed by atoms with Gasteiger partial charge in [-0.05, 0) is 67.9 Å². The van der Waals surface area contributed by atoms with Crippen LogP contribution < -0.4 is 10.1 Å². The number of thioether (sulfide) groups is 1. The van der Waals surface area contributed by atoms with E-state index in [0.29, 0.717) is 13.0 Å². The predicted molar refractivity (Wildman–Crippen MR) is 118 cm³/mol. The van der Waals surface area contributed by atoms with Crippen molar-refractivity contribution in [2.45, 2.75) is 57.8 Å². The molecule has 0 bridgehead atoms. The van der Waals surface area contributed by atoms with E-state index >= 15 is 0 Å². The lowest BCUT2D eigenvalue weighted by atomic mass is 9.92. The minimum atomic E-state index is -0.427. The second-order valence-corrected chi connectivity index (χ2v) is 8.59. The Hall–Kier alpha value is -1.94. The smallest absolute Gasteiger partial charge is 0.261 e. The van der Waals surface area contributed by atoms with Gasteiger partial charge >= 0.3 is 0 Å². The van der Waals surface area contributed by atoms with Crippen LogP contribution in [0.25, 0.3) is 0 Å². The molecule has 1 aliphatic rings. The van der Waals surface area contributed by atoms with E-state index in [2.05, 4.69) is 48.6 Å². The third-order valence-corrected chi connectivity index (χ3v) is 6.19. The van der Waals surface area contributed by atoms with Crippen molar-refractivity contribution in [3.63, 3.8) is 0 Å². The summed E-state index contributed by atoms with van der Waals surface area (Å²) in [5.41, 5.74) is 5.43. The lowest BCUT2D eigenvalue weighted by molar-refractivity contribution is -0.127. The zero-order valence-corrected chi connectivity index (χ0v) is 17.8. The minimum absolute atomic E-state index is 0.0172. The number of ether oxygens (including phenoxy) is 1. The molecule has 3 rings (SSSR count). The molecule has 0 aromatic heterocycles. The molecular weight excluding hydrogens is 366 g/mol. The summed E-state index contributed by atoms with van der Waals surface area (Å²) in [5, 5.41) is 3.03. The van der Waals surface area contributed by atoms with Crippen LogP contribution in [-0.4, -0.2) is 24.3 Å². The highest BCUT2D eigenvalue weighted by molar-refractivity contribution is 7.98. The Morgan fingerprint density at radius 1 is 1.14 bits per heavy atom. The van der Waals surface area contributed by atoms with Gasteiger partial charge < -0.3 is 10.1 Å². The molecule has 0 spiro atoms. The minimum Gasteiger partial charge on any atom is -0.481 e. The molecule has 3 nitrogen and oxygen atoms in total. The SMILES string of the molecule is CC[C@H](Oc1ccc2c(c1)CCCC2)C(=O)NCCSCc1cccc(C)c1. The lowest BCUT2D eigenvalue weighted by Crippen LogP contribution is -2.39. The monoisotopic (exact) mass is 397 g/mol. The summed E-state index contributed by atoms with van der Waals surface area (Å²) in [6, 6.07) is 14.9. The van der Waals surface area contributed by atoms with Crippen molar-refractivity contribution in [3.8, 4) is 5.75 Å². The normalized spacial score (nSPS) is 14.2.